The summed E-state index contributed by atoms with van der Waals surface area (Å²) in [5.74, 6) is 2.78. The van der Waals surface area contributed by atoms with Gasteiger partial charge in [-0.15, -0.1) is 0 Å². The highest BCUT2D eigenvalue weighted by molar-refractivity contribution is 5.97. The highest BCUT2D eigenvalue weighted by Gasteiger charge is 2.20. The van der Waals surface area contributed by atoms with Crippen molar-refractivity contribution in [2.24, 2.45) is 11.5 Å². The van der Waals surface area contributed by atoms with Gasteiger partial charge in [-0.05, 0) is 42.5 Å². The molecular weight excluding hydrogens is 393 g/mol. The zero-order chi connectivity index (χ0) is 22.1. The largest absolute Gasteiger partial charge is 0.339 e. The Balaban J connectivity index is 2.10. The van der Waals surface area contributed by atoms with E-state index in [1.54, 1.807) is 24.3 Å². The average molecular weight is 413 g/mol. The van der Waals surface area contributed by atoms with Gasteiger partial charge >= 0.3 is 0 Å². The lowest BCUT2D eigenvalue weighted by molar-refractivity contribution is -0.130. The average Bonchev–Trinajstić information content (AvgIpc) is 2.76. The van der Waals surface area contributed by atoms with Gasteiger partial charge in [0.2, 0.25) is 5.91 Å². The predicted molar refractivity (Wildman–Crippen MR) is 107 cm³/mol. The maximum absolute atomic E-state index is 14.3. The summed E-state index contributed by atoms with van der Waals surface area (Å²) in [6.45, 7) is -0.380. The Bertz CT molecular complexity index is 998. The molecule has 10 heteroatoms. The maximum atomic E-state index is 14.3. The summed E-state index contributed by atoms with van der Waals surface area (Å²) in [6.07, 6.45) is 0. The van der Waals surface area contributed by atoms with E-state index in [0.29, 0.717) is 11.3 Å². The van der Waals surface area contributed by atoms with E-state index in [4.69, 9.17) is 16.7 Å². The predicted octanol–water partition coefficient (Wildman–Crippen LogP) is -0.315. The summed E-state index contributed by atoms with van der Waals surface area (Å²) in [5.41, 5.74) is 13.1. The number of hydroxylamine groups is 1. The number of halogens is 1. The van der Waals surface area contributed by atoms with Crippen LogP contribution in [0.4, 0.5) is 10.1 Å². The molecule has 0 fully saturated rings. The van der Waals surface area contributed by atoms with Gasteiger partial charge in [0.25, 0.3) is 11.8 Å². The van der Waals surface area contributed by atoms with Crippen LogP contribution in [-0.4, -0.2) is 42.1 Å². The van der Waals surface area contributed by atoms with Crippen LogP contribution in [0.2, 0.25) is 0 Å². The van der Waals surface area contributed by atoms with Crippen molar-refractivity contribution in [3.05, 3.63) is 65.0 Å². The van der Waals surface area contributed by atoms with Crippen molar-refractivity contribution < 1.29 is 24.0 Å². The molecule has 0 aromatic heterocycles. The summed E-state index contributed by atoms with van der Waals surface area (Å²) >= 11 is 0. The van der Waals surface area contributed by atoms with Crippen LogP contribution in [0.25, 0.3) is 0 Å². The molecule has 0 heterocycles. The number of nitrogens with two attached hydrogens (primary N) is 2. The fourth-order valence-electron chi connectivity index (χ4n) is 2.30. The van der Waals surface area contributed by atoms with Gasteiger partial charge in [-0.2, -0.15) is 0 Å². The van der Waals surface area contributed by atoms with E-state index in [1.165, 1.54) is 17.6 Å². The SMILES string of the molecule is NCC(=O)Nc1ccc(C#Cc2ccc(C(=O)N[C@@H](CN)C(=O)NO)cc2F)cc1. The fourth-order valence-corrected chi connectivity index (χ4v) is 2.30. The number of carbonyl (C=O) groups is 3. The lowest BCUT2D eigenvalue weighted by Gasteiger charge is -2.14. The molecule has 0 saturated carbocycles. The first-order valence-corrected chi connectivity index (χ1v) is 8.74. The van der Waals surface area contributed by atoms with E-state index in [0.717, 1.165) is 6.07 Å². The van der Waals surface area contributed by atoms with E-state index in [2.05, 4.69) is 22.5 Å². The summed E-state index contributed by atoms with van der Waals surface area (Å²) in [7, 11) is 0. The van der Waals surface area contributed by atoms with E-state index in [9.17, 15) is 18.8 Å². The number of amides is 3. The first-order chi connectivity index (χ1) is 14.4. The van der Waals surface area contributed by atoms with Crippen molar-refractivity contribution in [2.45, 2.75) is 6.04 Å². The Kier molecular flexibility index (Phi) is 8.01. The van der Waals surface area contributed by atoms with E-state index in [-0.39, 0.29) is 30.1 Å². The van der Waals surface area contributed by atoms with E-state index < -0.39 is 23.7 Å². The molecule has 30 heavy (non-hydrogen) atoms. The molecule has 2 aromatic rings. The highest BCUT2D eigenvalue weighted by atomic mass is 19.1. The number of nitrogens with one attached hydrogen (secondary N) is 3. The number of benzene rings is 2. The van der Waals surface area contributed by atoms with Gasteiger partial charge in [0.1, 0.15) is 11.9 Å². The summed E-state index contributed by atoms with van der Waals surface area (Å²) < 4.78 is 14.3. The second kappa shape index (κ2) is 10.7. The van der Waals surface area contributed by atoms with E-state index >= 15 is 0 Å². The topological polar surface area (TPSA) is 160 Å². The Hall–Kier alpha value is -3.78. The van der Waals surface area contributed by atoms with Crippen molar-refractivity contribution in [1.29, 1.82) is 0 Å². The molecule has 2 aromatic carbocycles. The van der Waals surface area contributed by atoms with E-state index in [1.807, 2.05) is 0 Å². The van der Waals surface area contributed by atoms with Crippen LogP contribution in [0.1, 0.15) is 21.5 Å². The molecule has 0 aliphatic carbocycles. The van der Waals surface area contributed by atoms with Crippen LogP contribution in [-0.2, 0) is 9.59 Å². The molecule has 0 bridgehead atoms. The van der Waals surface area contributed by atoms with Crippen molar-refractivity contribution in [3.8, 4) is 11.8 Å². The molecule has 0 saturated heterocycles. The van der Waals surface area contributed by atoms with Crippen LogP contribution in [0, 0.1) is 17.7 Å². The molecule has 0 unspecified atom stereocenters. The molecular formula is C20H20FN5O4. The number of anilines is 1. The zero-order valence-electron chi connectivity index (χ0n) is 15.7. The number of carbonyl (C=O) groups excluding carboxylic acids is 3. The molecule has 2 rings (SSSR count). The van der Waals surface area contributed by atoms with Gasteiger partial charge in [0, 0.05) is 23.4 Å². The normalized spacial score (nSPS) is 10.9. The molecule has 8 N–H and O–H groups in total. The molecule has 156 valence electrons. The number of rotatable bonds is 6. The second-order valence-electron chi connectivity index (χ2n) is 6.01. The number of hydrogen-bond donors (Lipinski definition) is 6. The minimum absolute atomic E-state index is 0.0396. The lowest BCUT2D eigenvalue weighted by atomic mass is 10.1. The minimum Gasteiger partial charge on any atom is -0.339 e. The van der Waals surface area contributed by atoms with Crippen LogP contribution < -0.4 is 27.6 Å². The molecule has 1 atom stereocenters. The van der Waals surface area contributed by atoms with Crippen molar-refractivity contribution in [3.63, 3.8) is 0 Å². The third kappa shape index (κ3) is 6.11. The molecule has 3 amide bonds. The van der Waals surface area contributed by atoms with Crippen molar-refractivity contribution >= 4 is 23.4 Å². The monoisotopic (exact) mass is 413 g/mol. The highest BCUT2D eigenvalue weighted by Crippen LogP contribution is 2.12. The summed E-state index contributed by atoms with van der Waals surface area (Å²) in [6, 6.07) is 9.07. The Morgan fingerprint density at radius 2 is 1.77 bits per heavy atom. The van der Waals surface area contributed by atoms with Crippen molar-refractivity contribution in [1.82, 2.24) is 10.8 Å². The molecule has 9 nitrogen and oxygen atoms in total. The van der Waals surface area contributed by atoms with Gasteiger partial charge in [-0.1, -0.05) is 11.8 Å². The standard InChI is InChI=1S/C20H20FN5O4/c21-16-9-14(19(28)25-17(10-22)20(29)26-30)6-5-13(16)4-1-12-2-7-15(8-3-12)24-18(27)11-23/h2-3,5-9,17,30H,10-11,22-23H2,(H,24,27)(H,25,28)(H,26,29)/t17-/m0/s1. The smallest absolute Gasteiger partial charge is 0.267 e. The third-order valence-electron chi connectivity index (χ3n) is 3.89. The Morgan fingerprint density at radius 3 is 2.33 bits per heavy atom. The van der Waals surface area contributed by atoms with Gasteiger partial charge in [0.15, 0.2) is 0 Å². The second-order valence-corrected chi connectivity index (χ2v) is 6.01. The lowest BCUT2D eigenvalue weighted by Crippen LogP contribution is -2.50. The number of hydrogen-bond acceptors (Lipinski definition) is 6. The van der Waals surface area contributed by atoms with Gasteiger partial charge in [-0.3, -0.25) is 19.6 Å². The van der Waals surface area contributed by atoms with Gasteiger partial charge < -0.3 is 22.1 Å². The third-order valence-corrected chi connectivity index (χ3v) is 3.89. The van der Waals surface area contributed by atoms with Gasteiger partial charge in [0.05, 0.1) is 12.1 Å². The first-order valence-electron chi connectivity index (χ1n) is 8.74. The van der Waals surface area contributed by atoms with Crippen LogP contribution in [0.15, 0.2) is 42.5 Å². The molecule has 0 radical (unpaired) electrons. The Morgan fingerprint density at radius 1 is 1.07 bits per heavy atom. The van der Waals surface area contributed by atoms with Crippen LogP contribution >= 0.6 is 0 Å². The maximum Gasteiger partial charge on any atom is 0.267 e. The molecule has 0 aliphatic heterocycles. The zero-order valence-corrected chi connectivity index (χ0v) is 15.7. The van der Waals surface area contributed by atoms with Crippen molar-refractivity contribution in [2.75, 3.05) is 18.4 Å². The first kappa shape index (κ1) is 22.5. The van der Waals surface area contributed by atoms with Crippen LogP contribution in [0.5, 0.6) is 0 Å². The molecule has 0 spiro atoms. The fraction of sp³-hybridized carbons (Fsp3) is 0.150. The summed E-state index contributed by atoms with van der Waals surface area (Å²) in [5, 5.41) is 13.5. The van der Waals surface area contributed by atoms with Crippen LogP contribution in [0.3, 0.4) is 0 Å². The molecule has 0 aliphatic rings. The Labute approximate surface area is 171 Å². The summed E-state index contributed by atoms with van der Waals surface area (Å²) in [4.78, 5) is 34.7. The minimum atomic E-state index is -1.16. The quantitative estimate of drug-likeness (QED) is 0.216. The van der Waals surface area contributed by atoms with Gasteiger partial charge in [-0.25, -0.2) is 9.87 Å².